The largest absolute Gasteiger partial charge is 0.340 e. The minimum absolute atomic E-state index is 0. The van der Waals surface area contributed by atoms with Crippen LogP contribution in [-0.4, -0.2) is 23.9 Å². The summed E-state index contributed by atoms with van der Waals surface area (Å²) in [7, 11) is 1.80. The molecule has 1 atom stereocenters. The van der Waals surface area contributed by atoms with E-state index in [1.54, 1.807) is 11.9 Å². The molecule has 2 rings (SSSR count). The number of nitrogens with zero attached hydrogens (tertiary/aromatic N) is 1. The van der Waals surface area contributed by atoms with Crippen LogP contribution in [0.2, 0.25) is 0 Å². The molecular formula is C18H23ClN2O. The maximum atomic E-state index is 12.3. The van der Waals surface area contributed by atoms with Crippen molar-refractivity contribution in [1.29, 1.82) is 0 Å². The zero-order valence-electron chi connectivity index (χ0n) is 13.0. The number of benzene rings is 2. The first-order valence-electron chi connectivity index (χ1n) is 7.16. The van der Waals surface area contributed by atoms with Gasteiger partial charge in [-0.15, -0.1) is 12.4 Å². The average molecular weight is 319 g/mol. The lowest BCUT2D eigenvalue weighted by Gasteiger charge is -2.21. The van der Waals surface area contributed by atoms with E-state index in [0.29, 0.717) is 13.0 Å². The van der Waals surface area contributed by atoms with E-state index in [-0.39, 0.29) is 18.3 Å². The monoisotopic (exact) mass is 318 g/mol. The van der Waals surface area contributed by atoms with Crippen molar-refractivity contribution in [2.24, 2.45) is 5.73 Å². The van der Waals surface area contributed by atoms with Crippen LogP contribution >= 0.6 is 12.4 Å². The first-order chi connectivity index (χ1) is 10.1. The quantitative estimate of drug-likeness (QED) is 0.921. The summed E-state index contributed by atoms with van der Waals surface area (Å²) in [5, 5.41) is 0. The van der Waals surface area contributed by atoms with Gasteiger partial charge in [0.25, 0.3) is 0 Å². The standard InChI is InChI=1S/C18H22N2O.ClH/c1-14-7-6-10-16(11-14)13-20(2)18(21)17(19)12-15-8-4-3-5-9-15;/h3-11,17H,12-13,19H2,1-2H3;1H. The van der Waals surface area contributed by atoms with Crippen molar-refractivity contribution in [3.8, 4) is 0 Å². The molecule has 0 aliphatic heterocycles. The Labute approximate surface area is 138 Å². The van der Waals surface area contributed by atoms with Crippen LogP contribution in [0.25, 0.3) is 0 Å². The van der Waals surface area contributed by atoms with E-state index < -0.39 is 6.04 Å². The molecule has 22 heavy (non-hydrogen) atoms. The molecule has 2 N–H and O–H groups in total. The van der Waals surface area contributed by atoms with E-state index in [1.807, 2.05) is 55.5 Å². The van der Waals surface area contributed by atoms with Crippen molar-refractivity contribution in [3.05, 3.63) is 71.3 Å². The van der Waals surface area contributed by atoms with Gasteiger partial charge in [-0.1, -0.05) is 60.2 Å². The van der Waals surface area contributed by atoms with Crippen LogP contribution in [0.15, 0.2) is 54.6 Å². The second kappa shape index (κ2) is 8.57. The molecule has 1 amide bonds. The minimum atomic E-state index is -0.498. The number of amides is 1. The molecule has 1 unspecified atom stereocenters. The van der Waals surface area contributed by atoms with Crippen molar-refractivity contribution in [2.75, 3.05) is 7.05 Å². The van der Waals surface area contributed by atoms with E-state index >= 15 is 0 Å². The number of hydrogen-bond donors (Lipinski definition) is 1. The number of rotatable bonds is 5. The first-order valence-corrected chi connectivity index (χ1v) is 7.16. The normalized spacial score (nSPS) is 11.4. The molecule has 0 saturated heterocycles. The summed E-state index contributed by atoms with van der Waals surface area (Å²) in [6, 6.07) is 17.5. The van der Waals surface area contributed by atoms with E-state index in [2.05, 4.69) is 6.07 Å². The molecule has 0 aliphatic rings. The minimum Gasteiger partial charge on any atom is -0.340 e. The highest BCUT2D eigenvalue weighted by Crippen LogP contribution is 2.09. The molecule has 0 aliphatic carbocycles. The molecule has 118 valence electrons. The van der Waals surface area contributed by atoms with Crippen LogP contribution < -0.4 is 5.73 Å². The van der Waals surface area contributed by atoms with Crippen LogP contribution in [0.3, 0.4) is 0 Å². The van der Waals surface area contributed by atoms with Crippen molar-refractivity contribution in [1.82, 2.24) is 4.90 Å². The Morgan fingerprint density at radius 2 is 1.73 bits per heavy atom. The van der Waals surface area contributed by atoms with Crippen LogP contribution in [0.1, 0.15) is 16.7 Å². The Balaban J connectivity index is 0.00000242. The number of hydrogen-bond acceptors (Lipinski definition) is 2. The molecule has 0 radical (unpaired) electrons. The summed E-state index contributed by atoms with van der Waals surface area (Å²) in [5.74, 6) is -0.0274. The molecule has 0 aromatic heterocycles. The van der Waals surface area contributed by atoms with E-state index in [9.17, 15) is 4.79 Å². The Kier molecular flexibility index (Phi) is 7.09. The summed E-state index contributed by atoms with van der Waals surface area (Å²) in [6.07, 6.45) is 0.567. The number of carbonyl (C=O) groups excluding carboxylic acids is 1. The second-order valence-electron chi connectivity index (χ2n) is 5.48. The number of nitrogens with two attached hydrogens (primary N) is 1. The predicted molar refractivity (Wildman–Crippen MR) is 93.0 cm³/mol. The fraction of sp³-hybridized carbons (Fsp3) is 0.278. The van der Waals surface area contributed by atoms with Gasteiger partial charge in [-0.2, -0.15) is 0 Å². The van der Waals surface area contributed by atoms with Crippen LogP contribution in [0.5, 0.6) is 0 Å². The molecule has 0 bridgehead atoms. The van der Waals surface area contributed by atoms with Gasteiger partial charge in [0.15, 0.2) is 0 Å². The van der Waals surface area contributed by atoms with Crippen LogP contribution in [-0.2, 0) is 17.8 Å². The second-order valence-corrected chi connectivity index (χ2v) is 5.48. The van der Waals surface area contributed by atoms with Gasteiger partial charge in [0.2, 0.25) is 5.91 Å². The zero-order chi connectivity index (χ0) is 15.2. The van der Waals surface area contributed by atoms with Crippen molar-refractivity contribution in [3.63, 3.8) is 0 Å². The van der Waals surface area contributed by atoms with Gasteiger partial charge in [0.05, 0.1) is 6.04 Å². The van der Waals surface area contributed by atoms with Gasteiger partial charge in [-0.25, -0.2) is 0 Å². The molecule has 0 heterocycles. The summed E-state index contributed by atoms with van der Waals surface area (Å²) >= 11 is 0. The molecule has 0 fully saturated rings. The highest BCUT2D eigenvalue weighted by molar-refractivity contribution is 5.85. The van der Waals surface area contributed by atoms with Gasteiger partial charge < -0.3 is 10.6 Å². The van der Waals surface area contributed by atoms with Gasteiger partial charge in [-0.3, -0.25) is 4.79 Å². The van der Waals surface area contributed by atoms with E-state index in [1.165, 1.54) is 5.56 Å². The third-order valence-corrected chi connectivity index (χ3v) is 3.49. The molecule has 2 aromatic rings. The highest BCUT2D eigenvalue weighted by Gasteiger charge is 2.18. The van der Waals surface area contributed by atoms with Gasteiger partial charge in [0.1, 0.15) is 0 Å². The third-order valence-electron chi connectivity index (χ3n) is 3.49. The maximum Gasteiger partial charge on any atom is 0.239 e. The van der Waals surface area contributed by atoms with Gasteiger partial charge in [-0.05, 0) is 24.5 Å². The fourth-order valence-electron chi connectivity index (χ4n) is 2.40. The summed E-state index contributed by atoms with van der Waals surface area (Å²) in [5.41, 5.74) is 9.45. The van der Waals surface area contributed by atoms with Gasteiger partial charge in [0, 0.05) is 13.6 Å². The molecule has 0 spiro atoms. The molecule has 0 saturated carbocycles. The fourth-order valence-corrected chi connectivity index (χ4v) is 2.40. The predicted octanol–water partition coefficient (Wildman–Crippen LogP) is 2.95. The van der Waals surface area contributed by atoms with E-state index in [4.69, 9.17) is 5.73 Å². The Morgan fingerprint density at radius 1 is 1.09 bits per heavy atom. The highest BCUT2D eigenvalue weighted by atomic mass is 35.5. The van der Waals surface area contributed by atoms with Crippen molar-refractivity contribution >= 4 is 18.3 Å². The number of carbonyl (C=O) groups is 1. The SMILES string of the molecule is Cc1cccc(CN(C)C(=O)C(N)Cc2ccccc2)c1.Cl. The number of halogens is 1. The van der Waals surface area contributed by atoms with Gasteiger partial charge >= 0.3 is 0 Å². The number of likely N-dealkylation sites (N-methyl/N-ethyl adjacent to an activating group) is 1. The Hall–Kier alpha value is -1.84. The lowest BCUT2D eigenvalue weighted by atomic mass is 10.1. The molecule has 4 heteroatoms. The topological polar surface area (TPSA) is 46.3 Å². The summed E-state index contributed by atoms with van der Waals surface area (Å²) < 4.78 is 0. The summed E-state index contributed by atoms with van der Waals surface area (Å²) in [4.78, 5) is 14.0. The van der Waals surface area contributed by atoms with E-state index in [0.717, 1.165) is 11.1 Å². The lowest BCUT2D eigenvalue weighted by Crippen LogP contribution is -2.42. The summed E-state index contributed by atoms with van der Waals surface area (Å²) in [6.45, 7) is 2.63. The van der Waals surface area contributed by atoms with Crippen molar-refractivity contribution in [2.45, 2.75) is 25.9 Å². The smallest absolute Gasteiger partial charge is 0.239 e. The maximum absolute atomic E-state index is 12.3. The third kappa shape index (κ3) is 5.17. The van der Waals surface area contributed by atoms with Crippen LogP contribution in [0.4, 0.5) is 0 Å². The van der Waals surface area contributed by atoms with Crippen molar-refractivity contribution < 1.29 is 4.79 Å². The molecule has 3 nitrogen and oxygen atoms in total. The van der Waals surface area contributed by atoms with Crippen LogP contribution in [0, 0.1) is 6.92 Å². The zero-order valence-corrected chi connectivity index (χ0v) is 13.8. The Bertz CT molecular complexity index is 601. The molecular weight excluding hydrogens is 296 g/mol. The Morgan fingerprint density at radius 3 is 2.36 bits per heavy atom. The number of aryl methyl sites for hydroxylation is 1. The first kappa shape index (κ1) is 18.2. The molecule has 2 aromatic carbocycles. The average Bonchev–Trinajstić information content (AvgIpc) is 2.47. The lowest BCUT2D eigenvalue weighted by molar-refractivity contribution is -0.131.